The molecular weight excluding hydrogens is 382 g/mol. The number of rotatable bonds is 7. The molecule has 1 aromatic heterocycles. The van der Waals surface area contributed by atoms with Gasteiger partial charge in [0.25, 0.3) is 0 Å². The average Bonchev–Trinajstić information content (AvgIpc) is 2.85. The summed E-state index contributed by atoms with van der Waals surface area (Å²) >= 11 is 3.40. The average molecular weight is 400 g/mol. The Morgan fingerprint density at radius 1 is 1.21 bits per heavy atom. The van der Waals surface area contributed by atoms with Gasteiger partial charge < -0.3 is 23.6 Å². The molecule has 130 valence electrons. The Hall–Kier alpha value is -2.22. The van der Waals surface area contributed by atoms with E-state index in [1.165, 1.54) is 0 Å². The van der Waals surface area contributed by atoms with Crippen molar-refractivity contribution in [2.45, 2.75) is 19.8 Å². The Morgan fingerprint density at radius 3 is 2.50 bits per heavy atom. The van der Waals surface area contributed by atoms with Gasteiger partial charge in [-0.05, 0) is 47.0 Å². The van der Waals surface area contributed by atoms with E-state index in [2.05, 4.69) is 21.2 Å². The maximum Gasteiger partial charge on any atom is 0.519 e. The van der Waals surface area contributed by atoms with Gasteiger partial charge >= 0.3 is 5.82 Å². The highest BCUT2D eigenvalue weighted by molar-refractivity contribution is 9.10. The highest BCUT2D eigenvalue weighted by atomic mass is 79.9. The van der Waals surface area contributed by atoms with Crippen LogP contribution in [0.25, 0.3) is 0 Å². The Kier molecular flexibility index (Phi) is 6.08. The minimum absolute atomic E-state index is 0.0433. The van der Waals surface area contributed by atoms with Crippen molar-refractivity contribution in [3.63, 3.8) is 0 Å². The van der Waals surface area contributed by atoms with E-state index < -0.39 is 5.82 Å². The van der Waals surface area contributed by atoms with E-state index in [0.717, 1.165) is 10.0 Å². The molecule has 0 radical (unpaired) electrons. The maximum absolute atomic E-state index is 11.9. The molecule has 0 spiro atoms. The highest BCUT2D eigenvalue weighted by Gasteiger charge is 2.14. The molecule has 1 aromatic carbocycles. The van der Waals surface area contributed by atoms with Gasteiger partial charge in [0.05, 0.1) is 25.1 Å². The summed E-state index contributed by atoms with van der Waals surface area (Å²) < 4.78 is 20.9. The summed E-state index contributed by atoms with van der Waals surface area (Å²) in [7, 11) is 3.17. The molecule has 0 saturated heterocycles. The molecule has 1 N–H and O–H groups in total. The smallest absolute Gasteiger partial charge is 0.496 e. The van der Waals surface area contributed by atoms with Gasteiger partial charge in [-0.3, -0.25) is 4.79 Å². The number of aryl methyl sites for hydroxylation is 1. The second-order valence-corrected chi connectivity index (χ2v) is 5.86. The molecule has 24 heavy (non-hydrogen) atoms. The topological polar surface area (TPSA) is 90.9 Å². The molecule has 2 aromatic rings. The summed E-state index contributed by atoms with van der Waals surface area (Å²) in [4.78, 5) is 22.9. The van der Waals surface area contributed by atoms with Crippen LogP contribution in [0, 0.1) is 6.92 Å². The minimum atomic E-state index is -0.804. The third-order valence-corrected chi connectivity index (χ3v) is 4.05. The van der Waals surface area contributed by atoms with Gasteiger partial charge in [-0.2, -0.15) is 0 Å². The summed E-state index contributed by atoms with van der Waals surface area (Å²) in [6.07, 6.45) is 0.519. The van der Waals surface area contributed by atoms with Crippen molar-refractivity contribution in [2.75, 3.05) is 20.8 Å². The predicted octanol–water partition coefficient (Wildman–Crippen LogP) is 2.22. The van der Waals surface area contributed by atoms with E-state index in [9.17, 15) is 9.59 Å². The molecule has 0 aliphatic carbocycles. The number of methoxy groups -OCH3 is 2. The van der Waals surface area contributed by atoms with Crippen molar-refractivity contribution in [3.8, 4) is 11.5 Å². The fraction of sp³-hybridized carbons (Fsp3) is 0.375. The van der Waals surface area contributed by atoms with E-state index in [-0.39, 0.29) is 18.1 Å². The quantitative estimate of drug-likeness (QED) is 0.767. The van der Waals surface area contributed by atoms with E-state index >= 15 is 0 Å². The number of ether oxygens (including phenoxy) is 2. The maximum atomic E-state index is 11.9. The molecule has 2 rings (SSSR count). The molecule has 0 aliphatic heterocycles. The molecule has 0 unspecified atom stereocenters. The van der Waals surface area contributed by atoms with Gasteiger partial charge in [-0.1, -0.05) is 0 Å². The van der Waals surface area contributed by atoms with Crippen LogP contribution >= 0.6 is 15.9 Å². The molecule has 7 nitrogen and oxygen atoms in total. The number of halogens is 1. The molecule has 8 heteroatoms. The number of carbonyl (C=O) groups excluding carboxylic acids is 1. The monoisotopic (exact) mass is 399 g/mol. The molecule has 0 bridgehead atoms. The first-order chi connectivity index (χ1) is 11.4. The van der Waals surface area contributed by atoms with Crippen molar-refractivity contribution < 1.29 is 23.1 Å². The lowest BCUT2D eigenvalue weighted by molar-refractivity contribution is -0.120. The van der Waals surface area contributed by atoms with Crippen molar-refractivity contribution in [1.82, 2.24) is 5.32 Å². The van der Waals surface area contributed by atoms with Crippen LogP contribution in [0.3, 0.4) is 0 Å². The number of nitrogens with one attached hydrogen (secondary N) is 1. The summed E-state index contributed by atoms with van der Waals surface area (Å²) in [5, 5.41) is 2.77. The van der Waals surface area contributed by atoms with Gasteiger partial charge in [0.15, 0.2) is 5.76 Å². The molecule has 0 saturated carbocycles. The van der Waals surface area contributed by atoms with Gasteiger partial charge in [-0.25, -0.2) is 4.79 Å². The van der Waals surface area contributed by atoms with Gasteiger partial charge in [0, 0.05) is 6.54 Å². The first-order valence-corrected chi connectivity index (χ1v) is 8.00. The van der Waals surface area contributed by atoms with E-state index in [4.69, 9.17) is 18.3 Å². The second-order valence-electron chi connectivity index (χ2n) is 5.01. The number of carbonyl (C=O) groups is 1. The zero-order valence-electron chi connectivity index (χ0n) is 13.6. The number of hydrogen-bond donors (Lipinski definition) is 1. The van der Waals surface area contributed by atoms with Crippen molar-refractivity contribution in [1.29, 1.82) is 0 Å². The molecule has 1 heterocycles. The molecule has 0 aliphatic rings. The molecular formula is C16H18BrNO6. The van der Waals surface area contributed by atoms with Crippen molar-refractivity contribution in [2.24, 2.45) is 0 Å². The standard InChI is InChI=1S/C16H18BrNO6/c1-9-12(24-16(20)23-9)8-15(19)18-5-4-10-6-14(22-3)11(17)7-13(10)21-2/h6-7H,4-5,8H2,1-3H3,(H,18,19). The van der Waals surface area contributed by atoms with E-state index in [1.54, 1.807) is 21.1 Å². The predicted molar refractivity (Wildman–Crippen MR) is 89.6 cm³/mol. The van der Waals surface area contributed by atoms with Gasteiger partial charge in [0.2, 0.25) is 5.91 Å². The number of hydrogen-bond acceptors (Lipinski definition) is 6. The van der Waals surface area contributed by atoms with E-state index in [0.29, 0.717) is 30.2 Å². The lowest BCUT2D eigenvalue weighted by Crippen LogP contribution is -2.27. The van der Waals surface area contributed by atoms with Crippen LogP contribution in [0.5, 0.6) is 11.5 Å². The Balaban J connectivity index is 1.95. The molecule has 0 fully saturated rings. The number of benzene rings is 1. The third-order valence-electron chi connectivity index (χ3n) is 3.43. The van der Waals surface area contributed by atoms with Crippen LogP contribution in [0.15, 0.2) is 30.2 Å². The Bertz CT molecular complexity index is 779. The van der Waals surface area contributed by atoms with Crippen LogP contribution in [0.2, 0.25) is 0 Å². The fourth-order valence-corrected chi connectivity index (χ4v) is 2.68. The number of amides is 1. The normalized spacial score (nSPS) is 10.5. The summed E-state index contributed by atoms with van der Waals surface area (Å²) in [6, 6.07) is 3.67. The van der Waals surface area contributed by atoms with Crippen LogP contribution < -0.4 is 20.6 Å². The van der Waals surface area contributed by atoms with Crippen molar-refractivity contribution >= 4 is 21.8 Å². The van der Waals surface area contributed by atoms with Crippen LogP contribution in [0.4, 0.5) is 0 Å². The summed E-state index contributed by atoms with van der Waals surface area (Å²) in [6.45, 7) is 1.98. The summed E-state index contributed by atoms with van der Waals surface area (Å²) in [5.41, 5.74) is 0.906. The van der Waals surface area contributed by atoms with Crippen LogP contribution in [-0.2, 0) is 17.6 Å². The first-order valence-electron chi connectivity index (χ1n) is 7.21. The van der Waals surface area contributed by atoms with Gasteiger partial charge in [-0.15, -0.1) is 0 Å². The highest BCUT2D eigenvalue weighted by Crippen LogP contribution is 2.32. The van der Waals surface area contributed by atoms with Gasteiger partial charge in [0.1, 0.15) is 17.3 Å². The SMILES string of the molecule is COc1cc(CCNC(=O)Cc2oc(=O)oc2C)c(OC)cc1Br. The lowest BCUT2D eigenvalue weighted by atomic mass is 10.1. The Morgan fingerprint density at radius 2 is 1.92 bits per heavy atom. The molecule has 1 amide bonds. The zero-order chi connectivity index (χ0) is 17.7. The van der Waals surface area contributed by atoms with Crippen molar-refractivity contribution in [3.05, 3.63) is 44.3 Å². The van der Waals surface area contributed by atoms with Crippen LogP contribution in [-0.4, -0.2) is 26.7 Å². The fourth-order valence-electron chi connectivity index (χ4n) is 2.20. The third kappa shape index (κ3) is 4.41. The molecule has 0 atom stereocenters. The minimum Gasteiger partial charge on any atom is -0.496 e. The first kappa shape index (κ1) is 18.1. The lowest BCUT2D eigenvalue weighted by Gasteiger charge is -2.12. The largest absolute Gasteiger partial charge is 0.519 e. The Labute approximate surface area is 147 Å². The van der Waals surface area contributed by atoms with Crippen LogP contribution in [0.1, 0.15) is 17.1 Å². The zero-order valence-corrected chi connectivity index (χ0v) is 15.2. The second kappa shape index (κ2) is 8.05. The van der Waals surface area contributed by atoms with E-state index in [1.807, 2.05) is 12.1 Å². The summed E-state index contributed by atoms with van der Waals surface area (Å²) in [5.74, 6) is 0.879.